The van der Waals surface area contributed by atoms with Crippen molar-refractivity contribution < 1.29 is 19.4 Å². The van der Waals surface area contributed by atoms with E-state index in [0.717, 1.165) is 25.8 Å². The highest BCUT2D eigenvalue weighted by Gasteiger charge is 2.38. The first-order valence-electron chi connectivity index (χ1n) is 9.53. The Morgan fingerprint density at radius 2 is 2.00 bits per heavy atom. The highest BCUT2D eigenvalue weighted by Crippen LogP contribution is 2.19. The molecule has 0 aliphatic carbocycles. The van der Waals surface area contributed by atoms with Gasteiger partial charge in [-0.2, -0.15) is 0 Å². The molecule has 2 fully saturated rings. The van der Waals surface area contributed by atoms with Crippen LogP contribution in [0.3, 0.4) is 0 Å². The molecular weight excluding hydrogens is 332 g/mol. The van der Waals surface area contributed by atoms with Crippen LogP contribution in [-0.4, -0.2) is 74.1 Å². The van der Waals surface area contributed by atoms with Gasteiger partial charge in [-0.25, -0.2) is 0 Å². The third kappa shape index (κ3) is 5.27. The summed E-state index contributed by atoms with van der Waals surface area (Å²) in [6.45, 7) is 3.19. The van der Waals surface area contributed by atoms with E-state index >= 15 is 0 Å². The van der Waals surface area contributed by atoms with Gasteiger partial charge in [0, 0.05) is 32.2 Å². The Morgan fingerprint density at radius 3 is 2.73 bits per heavy atom. The number of amides is 1. The van der Waals surface area contributed by atoms with Gasteiger partial charge in [-0.1, -0.05) is 30.3 Å². The second kappa shape index (κ2) is 9.46. The molecule has 1 aromatic carbocycles. The quantitative estimate of drug-likeness (QED) is 0.752. The number of ether oxygens (including phenoxy) is 2. The Labute approximate surface area is 155 Å². The van der Waals surface area contributed by atoms with E-state index < -0.39 is 6.10 Å². The van der Waals surface area contributed by atoms with Crippen LogP contribution >= 0.6 is 0 Å². The van der Waals surface area contributed by atoms with E-state index in [-0.39, 0.29) is 24.0 Å². The second-order valence-corrected chi connectivity index (χ2v) is 7.36. The van der Waals surface area contributed by atoms with Crippen molar-refractivity contribution >= 4 is 5.91 Å². The van der Waals surface area contributed by atoms with Gasteiger partial charge in [0.05, 0.1) is 18.8 Å². The molecule has 2 aliphatic heterocycles. The Balaban J connectivity index is 1.41. The average molecular weight is 362 g/mol. The van der Waals surface area contributed by atoms with Gasteiger partial charge in [0.1, 0.15) is 6.10 Å². The van der Waals surface area contributed by atoms with Crippen molar-refractivity contribution in [3.8, 4) is 0 Å². The lowest BCUT2D eigenvalue weighted by Gasteiger charge is -2.26. The molecule has 6 nitrogen and oxygen atoms in total. The number of benzene rings is 1. The molecule has 0 radical (unpaired) electrons. The molecule has 3 atom stereocenters. The van der Waals surface area contributed by atoms with Gasteiger partial charge >= 0.3 is 0 Å². The standard InChI is InChI=1S/C20H30N2O4/c1-22(10-7-15-5-3-2-4-6-15)13-18-19(23)17(14-26-18)21-20(24)16-8-11-25-12-9-16/h2-6,16-19,23H,7-14H2,1H3,(H,21,24)/t17-,18-,19+/m0/s1. The Bertz CT molecular complexity index is 562. The van der Waals surface area contributed by atoms with Crippen LogP contribution in [0.1, 0.15) is 18.4 Å². The lowest BCUT2D eigenvalue weighted by Crippen LogP contribution is -2.48. The summed E-state index contributed by atoms with van der Waals surface area (Å²) in [6.07, 6.45) is 1.53. The van der Waals surface area contributed by atoms with Crippen LogP contribution in [0.15, 0.2) is 30.3 Å². The van der Waals surface area contributed by atoms with Crippen molar-refractivity contribution in [2.75, 3.05) is 40.0 Å². The van der Waals surface area contributed by atoms with Crippen molar-refractivity contribution in [3.63, 3.8) is 0 Å². The number of nitrogens with zero attached hydrogens (tertiary/aromatic N) is 1. The minimum absolute atomic E-state index is 0.0106. The zero-order valence-corrected chi connectivity index (χ0v) is 15.5. The molecule has 0 spiro atoms. The fourth-order valence-electron chi connectivity index (χ4n) is 3.59. The number of aliphatic hydroxyl groups excluding tert-OH is 1. The fraction of sp³-hybridized carbons (Fsp3) is 0.650. The SMILES string of the molecule is CN(CCc1ccccc1)C[C@@H]1OC[C@H](NC(=O)C2CCOCC2)[C@H]1O. The van der Waals surface area contributed by atoms with Crippen molar-refractivity contribution in [1.82, 2.24) is 10.2 Å². The first kappa shape index (κ1) is 19.3. The number of hydrogen-bond donors (Lipinski definition) is 2. The summed E-state index contributed by atoms with van der Waals surface area (Å²) in [7, 11) is 2.03. The molecule has 0 unspecified atom stereocenters. The zero-order valence-electron chi connectivity index (χ0n) is 15.5. The summed E-state index contributed by atoms with van der Waals surface area (Å²) in [4.78, 5) is 14.5. The van der Waals surface area contributed by atoms with E-state index in [0.29, 0.717) is 26.4 Å². The maximum Gasteiger partial charge on any atom is 0.223 e. The van der Waals surface area contributed by atoms with Crippen LogP contribution in [-0.2, 0) is 20.7 Å². The predicted molar refractivity (Wildman–Crippen MR) is 98.9 cm³/mol. The van der Waals surface area contributed by atoms with Crippen LogP contribution in [0.2, 0.25) is 0 Å². The summed E-state index contributed by atoms with van der Waals surface area (Å²) in [6, 6.07) is 10.0. The van der Waals surface area contributed by atoms with Crippen molar-refractivity contribution in [1.29, 1.82) is 0 Å². The van der Waals surface area contributed by atoms with Gasteiger partial charge in [-0.3, -0.25) is 4.79 Å². The molecule has 2 saturated heterocycles. The minimum Gasteiger partial charge on any atom is -0.388 e. The molecule has 0 bridgehead atoms. The zero-order chi connectivity index (χ0) is 18.4. The third-order valence-corrected chi connectivity index (χ3v) is 5.32. The van der Waals surface area contributed by atoms with Gasteiger partial charge < -0.3 is 24.8 Å². The van der Waals surface area contributed by atoms with Crippen LogP contribution in [0.5, 0.6) is 0 Å². The Kier molecular flexibility index (Phi) is 7.02. The van der Waals surface area contributed by atoms with E-state index in [1.807, 2.05) is 25.2 Å². The number of hydrogen-bond acceptors (Lipinski definition) is 5. The number of carbonyl (C=O) groups excluding carboxylic acids is 1. The molecule has 0 saturated carbocycles. The number of nitrogens with one attached hydrogen (secondary N) is 1. The van der Waals surface area contributed by atoms with Gasteiger partial charge in [0.2, 0.25) is 5.91 Å². The van der Waals surface area contributed by atoms with Gasteiger partial charge in [0.15, 0.2) is 0 Å². The van der Waals surface area contributed by atoms with Crippen LogP contribution in [0.4, 0.5) is 0 Å². The molecule has 2 N–H and O–H groups in total. The third-order valence-electron chi connectivity index (χ3n) is 5.32. The highest BCUT2D eigenvalue weighted by molar-refractivity contribution is 5.79. The van der Waals surface area contributed by atoms with E-state index in [1.54, 1.807) is 0 Å². The maximum atomic E-state index is 12.3. The van der Waals surface area contributed by atoms with E-state index in [4.69, 9.17) is 9.47 Å². The number of rotatable bonds is 7. The number of aliphatic hydroxyl groups is 1. The average Bonchev–Trinajstić information content (AvgIpc) is 3.01. The number of likely N-dealkylation sites (N-methyl/N-ethyl adjacent to an activating group) is 1. The lowest BCUT2D eigenvalue weighted by molar-refractivity contribution is -0.129. The van der Waals surface area contributed by atoms with Crippen LogP contribution < -0.4 is 5.32 Å². The molecule has 2 aliphatic rings. The Hall–Kier alpha value is -1.47. The fourth-order valence-corrected chi connectivity index (χ4v) is 3.59. The maximum absolute atomic E-state index is 12.3. The lowest BCUT2D eigenvalue weighted by atomic mass is 9.98. The molecule has 26 heavy (non-hydrogen) atoms. The van der Waals surface area contributed by atoms with E-state index in [1.165, 1.54) is 5.56 Å². The molecule has 6 heteroatoms. The predicted octanol–water partition coefficient (Wildman–Crippen LogP) is 0.832. The van der Waals surface area contributed by atoms with Gasteiger partial charge in [-0.05, 0) is 31.9 Å². The summed E-state index contributed by atoms with van der Waals surface area (Å²) >= 11 is 0. The summed E-state index contributed by atoms with van der Waals surface area (Å²) in [5.41, 5.74) is 1.30. The van der Waals surface area contributed by atoms with Crippen LogP contribution in [0, 0.1) is 5.92 Å². The minimum atomic E-state index is -0.669. The summed E-state index contributed by atoms with van der Waals surface area (Å²) < 4.78 is 11.1. The monoisotopic (exact) mass is 362 g/mol. The smallest absolute Gasteiger partial charge is 0.223 e. The largest absolute Gasteiger partial charge is 0.388 e. The molecule has 1 amide bonds. The van der Waals surface area contributed by atoms with E-state index in [9.17, 15) is 9.90 Å². The van der Waals surface area contributed by atoms with Gasteiger partial charge in [0.25, 0.3) is 0 Å². The Morgan fingerprint density at radius 1 is 1.27 bits per heavy atom. The topological polar surface area (TPSA) is 71.0 Å². The second-order valence-electron chi connectivity index (χ2n) is 7.36. The first-order valence-corrected chi connectivity index (χ1v) is 9.53. The van der Waals surface area contributed by atoms with Crippen molar-refractivity contribution in [2.45, 2.75) is 37.5 Å². The highest BCUT2D eigenvalue weighted by atomic mass is 16.5. The molecule has 2 heterocycles. The number of carbonyl (C=O) groups is 1. The van der Waals surface area contributed by atoms with Gasteiger partial charge in [-0.15, -0.1) is 0 Å². The first-order chi connectivity index (χ1) is 12.6. The summed E-state index contributed by atoms with van der Waals surface area (Å²) in [5, 5.41) is 13.5. The van der Waals surface area contributed by atoms with Crippen molar-refractivity contribution in [3.05, 3.63) is 35.9 Å². The summed E-state index contributed by atoms with van der Waals surface area (Å²) in [5.74, 6) is 0.00239. The molecular formula is C20H30N2O4. The molecule has 0 aromatic heterocycles. The van der Waals surface area contributed by atoms with E-state index in [2.05, 4.69) is 22.3 Å². The normalized spacial score (nSPS) is 27.0. The van der Waals surface area contributed by atoms with Crippen molar-refractivity contribution in [2.24, 2.45) is 5.92 Å². The molecule has 1 aromatic rings. The molecule has 3 rings (SSSR count). The van der Waals surface area contributed by atoms with Crippen LogP contribution in [0.25, 0.3) is 0 Å². The molecule has 144 valence electrons.